The molecule has 1 aliphatic heterocycles. The van der Waals surface area contributed by atoms with E-state index >= 15 is 0 Å². The van der Waals surface area contributed by atoms with Crippen molar-refractivity contribution in [1.82, 2.24) is 0 Å². The smallest absolute Gasteiger partial charge is 0.231 e. The van der Waals surface area contributed by atoms with Crippen LogP contribution in [-0.4, -0.2) is 26.2 Å². The fraction of sp³-hybridized carbons (Fsp3) is 0.350. The molecule has 0 fully saturated rings. The highest BCUT2D eigenvalue weighted by atomic mass is 79.9. The average Bonchev–Trinajstić information content (AvgIpc) is 2.63. The topological polar surface area (TPSA) is 56.8 Å². The minimum atomic E-state index is -0.271. The second-order valence-electron chi connectivity index (χ2n) is 6.20. The molecule has 2 aromatic rings. The quantitative estimate of drug-likeness (QED) is 0.782. The number of nitrogens with one attached hydrogen (secondary N) is 1. The number of rotatable bonds is 5. The second kappa shape index (κ2) is 7.99. The normalized spacial score (nSPS) is 15.6. The molecule has 1 atom stereocenters. The lowest BCUT2D eigenvalue weighted by Crippen LogP contribution is -2.33. The molecule has 0 saturated heterocycles. The molecule has 26 heavy (non-hydrogen) atoms. The third-order valence-corrected chi connectivity index (χ3v) is 4.81. The van der Waals surface area contributed by atoms with Gasteiger partial charge in [-0.25, -0.2) is 0 Å². The Labute approximate surface area is 161 Å². The standard InChI is InChI=1S/C20H22BrNO4/c1-4-25-16-5-6-17-13(9-16)8-14(11-26-17)20(23)22-19-12(2)7-15(21)10-18(19)24-3/h5-7,9-10,14H,4,8,11H2,1-3H3,(H,22,23). The maximum Gasteiger partial charge on any atom is 0.231 e. The second-order valence-corrected chi connectivity index (χ2v) is 7.12. The molecule has 2 aromatic carbocycles. The molecule has 0 radical (unpaired) electrons. The maximum atomic E-state index is 12.8. The van der Waals surface area contributed by atoms with Gasteiger partial charge in [0.25, 0.3) is 0 Å². The summed E-state index contributed by atoms with van der Waals surface area (Å²) in [6.07, 6.45) is 0.611. The number of methoxy groups -OCH3 is 1. The van der Waals surface area contributed by atoms with Gasteiger partial charge in [-0.3, -0.25) is 4.79 Å². The predicted molar refractivity (Wildman–Crippen MR) is 104 cm³/mol. The van der Waals surface area contributed by atoms with Gasteiger partial charge in [-0.15, -0.1) is 0 Å². The minimum Gasteiger partial charge on any atom is -0.495 e. The van der Waals surface area contributed by atoms with E-state index in [0.29, 0.717) is 31.1 Å². The van der Waals surface area contributed by atoms with Crippen molar-refractivity contribution in [2.45, 2.75) is 20.3 Å². The number of hydrogen-bond donors (Lipinski definition) is 1. The van der Waals surface area contributed by atoms with Crippen LogP contribution in [0.4, 0.5) is 5.69 Å². The van der Waals surface area contributed by atoms with Crippen LogP contribution in [0, 0.1) is 12.8 Å². The van der Waals surface area contributed by atoms with Crippen molar-refractivity contribution in [2.24, 2.45) is 5.92 Å². The lowest BCUT2D eigenvalue weighted by Gasteiger charge is -2.25. The molecule has 6 heteroatoms. The largest absolute Gasteiger partial charge is 0.495 e. The number of anilines is 1. The summed E-state index contributed by atoms with van der Waals surface area (Å²) in [5.41, 5.74) is 2.61. The van der Waals surface area contributed by atoms with Crippen LogP contribution in [0.5, 0.6) is 17.2 Å². The van der Waals surface area contributed by atoms with Crippen LogP contribution < -0.4 is 19.5 Å². The lowest BCUT2D eigenvalue weighted by atomic mass is 9.95. The van der Waals surface area contributed by atoms with Crippen molar-refractivity contribution in [3.05, 3.63) is 45.9 Å². The Kier molecular flexibility index (Phi) is 5.71. The third kappa shape index (κ3) is 3.96. The Morgan fingerprint density at radius 1 is 1.35 bits per heavy atom. The first-order valence-corrected chi connectivity index (χ1v) is 9.34. The molecule has 1 unspecified atom stereocenters. The summed E-state index contributed by atoms with van der Waals surface area (Å²) < 4.78 is 17.6. The molecule has 0 aromatic heterocycles. The van der Waals surface area contributed by atoms with Crippen LogP contribution in [0.15, 0.2) is 34.8 Å². The van der Waals surface area contributed by atoms with Gasteiger partial charge in [-0.05, 0) is 61.7 Å². The van der Waals surface area contributed by atoms with Gasteiger partial charge >= 0.3 is 0 Å². The highest BCUT2D eigenvalue weighted by Crippen LogP contribution is 2.34. The number of benzene rings is 2. The first kappa shape index (κ1) is 18.6. The zero-order valence-corrected chi connectivity index (χ0v) is 16.7. The molecule has 0 aliphatic carbocycles. The maximum absolute atomic E-state index is 12.8. The van der Waals surface area contributed by atoms with Crippen molar-refractivity contribution in [1.29, 1.82) is 0 Å². The fourth-order valence-corrected chi connectivity index (χ4v) is 3.61. The van der Waals surface area contributed by atoms with Gasteiger partial charge in [0.05, 0.1) is 25.3 Å². The Morgan fingerprint density at radius 2 is 2.15 bits per heavy atom. The highest BCUT2D eigenvalue weighted by Gasteiger charge is 2.27. The number of carbonyl (C=O) groups is 1. The SMILES string of the molecule is CCOc1ccc2c(c1)CC(C(=O)Nc1c(C)cc(Br)cc1OC)CO2. The van der Waals surface area contributed by atoms with E-state index in [1.807, 2.05) is 44.2 Å². The Morgan fingerprint density at radius 3 is 2.88 bits per heavy atom. The summed E-state index contributed by atoms with van der Waals surface area (Å²) >= 11 is 3.44. The van der Waals surface area contributed by atoms with Crippen LogP contribution in [-0.2, 0) is 11.2 Å². The number of hydrogen-bond acceptors (Lipinski definition) is 4. The van der Waals surface area contributed by atoms with E-state index in [2.05, 4.69) is 21.2 Å². The van der Waals surface area contributed by atoms with E-state index in [4.69, 9.17) is 14.2 Å². The average molecular weight is 420 g/mol. The van der Waals surface area contributed by atoms with Crippen LogP contribution in [0.3, 0.4) is 0 Å². The monoisotopic (exact) mass is 419 g/mol. The molecule has 1 amide bonds. The summed E-state index contributed by atoms with van der Waals surface area (Å²) in [5.74, 6) is 1.88. The van der Waals surface area contributed by atoms with Crippen LogP contribution in [0.2, 0.25) is 0 Å². The minimum absolute atomic E-state index is 0.0822. The van der Waals surface area contributed by atoms with Gasteiger partial charge in [0, 0.05) is 4.47 Å². The summed E-state index contributed by atoms with van der Waals surface area (Å²) in [5, 5.41) is 3.00. The first-order chi connectivity index (χ1) is 12.5. The number of carbonyl (C=O) groups excluding carboxylic acids is 1. The molecular weight excluding hydrogens is 398 g/mol. The molecule has 1 heterocycles. The number of ether oxygens (including phenoxy) is 3. The van der Waals surface area contributed by atoms with Crippen molar-refractivity contribution in [2.75, 3.05) is 25.6 Å². The van der Waals surface area contributed by atoms with E-state index in [9.17, 15) is 4.79 Å². The Hall–Kier alpha value is -2.21. The van der Waals surface area contributed by atoms with Gasteiger partial charge < -0.3 is 19.5 Å². The number of fused-ring (bicyclic) bond motifs is 1. The van der Waals surface area contributed by atoms with Crippen LogP contribution in [0.1, 0.15) is 18.1 Å². The number of amides is 1. The number of halogens is 1. The predicted octanol–water partition coefficient (Wildman–Crippen LogP) is 4.35. The van der Waals surface area contributed by atoms with Gasteiger partial charge in [0.1, 0.15) is 23.9 Å². The van der Waals surface area contributed by atoms with Crippen molar-refractivity contribution >= 4 is 27.5 Å². The van der Waals surface area contributed by atoms with Crippen LogP contribution >= 0.6 is 15.9 Å². The Balaban J connectivity index is 1.77. The molecule has 0 bridgehead atoms. The molecular formula is C20H22BrNO4. The van der Waals surface area contributed by atoms with E-state index < -0.39 is 0 Å². The van der Waals surface area contributed by atoms with Crippen molar-refractivity contribution < 1.29 is 19.0 Å². The van der Waals surface area contributed by atoms with Gasteiger partial charge in [-0.2, -0.15) is 0 Å². The molecule has 1 aliphatic rings. The molecule has 138 valence electrons. The van der Waals surface area contributed by atoms with Gasteiger partial charge in [0.15, 0.2) is 0 Å². The van der Waals surface area contributed by atoms with Crippen LogP contribution in [0.25, 0.3) is 0 Å². The zero-order chi connectivity index (χ0) is 18.7. The summed E-state index contributed by atoms with van der Waals surface area (Å²) in [4.78, 5) is 12.8. The highest BCUT2D eigenvalue weighted by molar-refractivity contribution is 9.10. The first-order valence-electron chi connectivity index (χ1n) is 8.55. The third-order valence-electron chi connectivity index (χ3n) is 4.35. The summed E-state index contributed by atoms with van der Waals surface area (Å²) in [6, 6.07) is 9.52. The van der Waals surface area contributed by atoms with E-state index in [0.717, 1.165) is 27.1 Å². The van der Waals surface area contributed by atoms with E-state index in [-0.39, 0.29) is 11.8 Å². The van der Waals surface area contributed by atoms with E-state index in [1.54, 1.807) is 7.11 Å². The summed E-state index contributed by atoms with van der Waals surface area (Å²) in [6.45, 7) is 4.83. The van der Waals surface area contributed by atoms with Crippen molar-refractivity contribution in [3.8, 4) is 17.2 Å². The van der Waals surface area contributed by atoms with Crippen molar-refractivity contribution in [3.63, 3.8) is 0 Å². The van der Waals surface area contributed by atoms with E-state index in [1.165, 1.54) is 0 Å². The molecule has 0 saturated carbocycles. The molecule has 1 N–H and O–H groups in total. The molecule has 5 nitrogen and oxygen atoms in total. The van der Waals surface area contributed by atoms with Gasteiger partial charge in [0.2, 0.25) is 5.91 Å². The summed E-state index contributed by atoms with van der Waals surface area (Å²) in [7, 11) is 1.59. The molecule has 3 rings (SSSR count). The fourth-order valence-electron chi connectivity index (χ4n) is 3.05. The molecule has 0 spiro atoms. The Bertz CT molecular complexity index is 822. The number of aryl methyl sites for hydroxylation is 1. The lowest BCUT2D eigenvalue weighted by molar-refractivity contribution is -0.121. The van der Waals surface area contributed by atoms with Gasteiger partial charge in [-0.1, -0.05) is 15.9 Å². The zero-order valence-electron chi connectivity index (χ0n) is 15.1.